The lowest BCUT2D eigenvalue weighted by Crippen LogP contribution is -3.04. The van der Waals surface area contributed by atoms with Gasteiger partial charge < -0.3 is 4.90 Å². The topological polar surface area (TPSA) is 4.44 Å². The molecule has 0 amide bonds. The first kappa shape index (κ1) is 11.9. The summed E-state index contributed by atoms with van der Waals surface area (Å²) < 4.78 is 0. The van der Waals surface area contributed by atoms with Gasteiger partial charge in [-0.25, -0.2) is 0 Å². The second kappa shape index (κ2) is 5.65. The molecule has 2 aromatic rings. The minimum Gasteiger partial charge on any atom is -0.464 e. The van der Waals surface area contributed by atoms with Gasteiger partial charge in [0, 0.05) is 19.0 Å². The molecule has 17 heavy (non-hydrogen) atoms. The molecule has 0 spiro atoms. The quantitative estimate of drug-likeness (QED) is 0.761. The third kappa shape index (κ3) is 3.18. The zero-order valence-electron chi connectivity index (χ0n) is 10.3. The van der Waals surface area contributed by atoms with Crippen molar-refractivity contribution in [3.8, 4) is 0 Å². The lowest BCUT2D eigenvalue weighted by molar-refractivity contribution is -0.866. The first-order valence-electron chi connectivity index (χ1n) is 6.01. The molecule has 0 saturated carbocycles. The molecule has 0 radical (unpaired) electrons. The smallest absolute Gasteiger partial charge is 0.0930 e. The first-order chi connectivity index (χ1) is 8.27. The molecule has 0 fully saturated rings. The summed E-state index contributed by atoms with van der Waals surface area (Å²) in [7, 11) is 6.24. The monoisotopic (exact) mass is 225 g/mol. The van der Waals surface area contributed by atoms with Crippen molar-refractivity contribution in [1.29, 1.82) is 0 Å². The predicted octanol–water partition coefficient (Wildman–Crippen LogP) is 2.28. The number of hydrogen-bond acceptors (Lipinski definition) is 0. The molecule has 0 aromatic heterocycles. The van der Waals surface area contributed by atoms with Gasteiger partial charge >= 0.3 is 0 Å². The van der Waals surface area contributed by atoms with Crippen molar-refractivity contribution in [3.63, 3.8) is 0 Å². The van der Waals surface area contributed by atoms with Crippen molar-refractivity contribution < 1.29 is 4.90 Å². The van der Waals surface area contributed by atoms with E-state index in [2.05, 4.69) is 74.8 Å². The summed E-state index contributed by atoms with van der Waals surface area (Å²) in [6.07, 6.45) is 1.03. The van der Waals surface area contributed by atoms with E-state index in [9.17, 15) is 0 Å². The summed E-state index contributed by atoms with van der Waals surface area (Å²) in [5.74, 6) is 0. The van der Waals surface area contributed by atoms with Crippen molar-refractivity contribution in [3.05, 3.63) is 78.8 Å². The van der Waals surface area contributed by atoms with Gasteiger partial charge in [0.25, 0.3) is 0 Å². The van der Waals surface area contributed by atoms with E-state index in [0.717, 1.165) is 6.42 Å². The molecule has 1 N–H and O–H groups in total. The van der Waals surface area contributed by atoms with Gasteiger partial charge in [0.2, 0.25) is 0 Å². The number of nitrogens with one attached hydrogen (secondary N) is 1. The van der Waals surface area contributed by atoms with Gasteiger partial charge in [-0.05, 0) is 5.56 Å². The van der Waals surface area contributed by atoms with Crippen molar-refractivity contribution in [2.45, 2.75) is 12.5 Å². The van der Waals surface area contributed by atoms with Crippen LogP contribution in [0.15, 0.2) is 60.7 Å². The second-order valence-corrected chi connectivity index (χ2v) is 4.50. The van der Waals surface area contributed by atoms with Crippen LogP contribution in [-0.4, -0.2) is 7.05 Å². The minimum absolute atomic E-state index is 0.415. The van der Waals surface area contributed by atoms with Crippen molar-refractivity contribution in [1.82, 2.24) is 0 Å². The van der Waals surface area contributed by atoms with E-state index < -0.39 is 0 Å². The maximum Gasteiger partial charge on any atom is 0.0930 e. The Morgan fingerprint density at radius 1 is 0.941 bits per heavy atom. The van der Waals surface area contributed by atoms with Crippen LogP contribution in [-0.2, 0) is 6.42 Å². The number of quaternary nitrogens is 1. The van der Waals surface area contributed by atoms with Gasteiger partial charge in [-0.1, -0.05) is 60.7 Å². The van der Waals surface area contributed by atoms with Crippen LogP contribution in [0.4, 0.5) is 0 Å². The maximum absolute atomic E-state index is 4.13. The molecule has 2 aromatic carbocycles. The van der Waals surface area contributed by atoms with E-state index in [1.165, 1.54) is 16.0 Å². The van der Waals surface area contributed by atoms with E-state index in [1.54, 1.807) is 0 Å². The molecule has 0 aliphatic heterocycles. The highest BCUT2D eigenvalue weighted by atomic mass is 15.1. The van der Waals surface area contributed by atoms with Crippen LogP contribution in [0.5, 0.6) is 0 Å². The zero-order valence-corrected chi connectivity index (χ0v) is 10.3. The fourth-order valence-corrected chi connectivity index (χ4v) is 2.11. The second-order valence-electron chi connectivity index (χ2n) is 4.50. The molecule has 2 rings (SSSR count). The molecule has 88 valence electrons. The Morgan fingerprint density at radius 3 is 2.00 bits per heavy atom. The number of benzene rings is 2. The Morgan fingerprint density at radius 2 is 1.47 bits per heavy atom. The van der Waals surface area contributed by atoms with E-state index >= 15 is 0 Å². The standard InChI is InChI=1S/C16H19N/c1-17(2)16(15-11-7-4-8-12-15)13-14-9-5-3-6-10-14/h3-12,16-17H,1,13H2,2H3. The minimum atomic E-state index is 0.415. The molecule has 0 aliphatic rings. The fourth-order valence-electron chi connectivity index (χ4n) is 2.11. The largest absolute Gasteiger partial charge is 0.464 e. The predicted molar refractivity (Wildman–Crippen MR) is 71.6 cm³/mol. The highest BCUT2D eigenvalue weighted by Gasteiger charge is 2.14. The van der Waals surface area contributed by atoms with E-state index in [4.69, 9.17) is 0 Å². The van der Waals surface area contributed by atoms with Gasteiger partial charge in [0.1, 0.15) is 0 Å². The molecular weight excluding hydrogens is 206 g/mol. The molecule has 1 nitrogen and oxygen atoms in total. The van der Waals surface area contributed by atoms with Gasteiger partial charge in [0.15, 0.2) is 0 Å². The van der Waals surface area contributed by atoms with Gasteiger partial charge in [-0.2, -0.15) is 7.05 Å². The van der Waals surface area contributed by atoms with Crippen LogP contribution in [0.2, 0.25) is 0 Å². The van der Waals surface area contributed by atoms with Crippen molar-refractivity contribution in [2.24, 2.45) is 0 Å². The summed E-state index contributed by atoms with van der Waals surface area (Å²) in [6.45, 7) is 0. The van der Waals surface area contributed by atoms with Gasteiger partial charge in [-0.15, -0.1) is 0 Å². The normalized spacial score (nSPS) is 14.2. The van der Waals surface area contributed by atoms with Crippen LogP contribution >= 0.6 is 0 Å². The molecule has 0 bridgehead atoms. The van der Waals surface area contributed by atoms with E-state index in [1.807, 2.05) is 0 Å². The highest BCUT2D eigenvalue weighted by Crippen LogP contribution is 2.15. The zero-order chi connectivity index (χ0) is 12.1. The number of hydrogen-bond donors (Lipinski definition) is 1. The molecule has 0 heterocycles. The molecule has 2 unspecified atom stereocenters. The fraction of sp³-hybridized carbons (Fsp3) is 0.188. The van der Waals surface area contributed by atoms with E-state index in [-0.39, 0.29) is 0 Å². The Kier molecular flexibility index (Phi) is 3.94. The Labute approximate surface area is 104 Å². The lowest BCUT2D eigenvalue weighted by atomic mass is 9.98. The maximum atomic E-state index is 4.13. The summed E-state index contributed by atoms with van der Waals surface area (Å²) in [6, 6.07) is 21.6. The summed E-state index contributed by atoms with van der Waals surface area (Å²) >= 11 is 0. The summed E-state index contributed by atoms with van der Waals surface area (Å²) in [5.41, 5.74) is 2.72. The van der Waals surface area contributed by atoms with Crippen LogP contribution in [0.3, 0.4) is 0 Å². The first-order valence-corrected chi connectivity index (χ1v) is 6.01. The Hall–Kier alpha value is -1.60. The van der Waals surface area contributed by atoms with Gasteiger partial charge in [0.05, 0.1) is 6.04 Å². The van der Waals surface area contributed by atoms with Gasteiger partial charge in [-0.3, -0.25) is 0 Å². The van der Waals surface area contributed by atoms with E-state index in [0.29, 0.717) is 6.04 Å². The average molecular weight is 225 g/mol. The van der Waals surface area contributed by atoms with Crippen LogP contribution in [0, 0.1) is 7.05 Å². The molecular formula is C16H19N. The highest BCUT2D eigenvalue weighted by molar-refractivity contribution is 5.22. The summed E-state index contributed by atoms with van der Waals surface area (Å²) in [4.78, 5) is 1.22. The third-order valence-electron chi connectivity index (χ3n) is 3.08. The molecule has 0 saturated heterocycles. The lowest BCUT2D eigenvalue weighted by Gasteiger charge is -2.27. The number of rotatable bonds is 4. The van der Waals surface area contributed by atoms with Crippen molar-refractivity contribution in [2.75, 3.05) is 7.05 Å². The molecule has 2 atom stereocenters. The molecule has 1 heteroatoms. The van der Waals surface area contributed by atoms with Crippen LogP contribution < -0.4 is 4.90 Å². The molecule has 0 aliphatic carbocycles. The Balaban J connectivity index is 2.20. The SMILES string of the molecule is [CH2-][NH+](C)C(Cc1ccccc1)c1ccccc1. The van der Waals surface area contributed by atoms with Crippen LogP contribution in [0.1, 0.15) is 17.2 Å². The third-order valence-corrected chi connectivity index (χ3v) is 3.08. The Bertz CT molecular complexity index is 434. The van der Waals surface area contributed by atoms with Crippen LogP contribution in [0.25, 0.3) is 0 Å². The summed E-state index contributed by atoms with van der Waals surface area (Å²) in [5, 5.41) is 0. The average Bonchev–Trinajstić information content (AvgIpc) is 2.38. The number of likely N-dealkylation sites (N-methyl/N-ethyl adjacent to an activating group) is 1. The van der Waals surface area contributed by atoms with Crippen molar-refractivity contribution >= 4 is 0 Å².